The highest BCUT2D eigenvalue weighted by molar-refractivity contribution is 6.15. The minimum Gasteiger partial charge on any atom is -0.366 e. The van der Waals surface area contributed by atoms with E-state index in [2.05, 4.69) is 4.98 Å². The lowest BCUT2D eigenvalue weighted by atomic mass is 10.0. The summed E-state index contributed by atoms with van der Waals surface area (Å²) in [5.41, 5.74) is 7.61. The van der Waals surface area contributed by atoms with E-state index in [1.165, 1.54) is 0 Å². The molecule has 3 heteroatoms. The number of nitrogens with zero attached hydrogens (tertiary/aromatic N) is 1. The maximum atomic E-state index is 11.6. The van der Waals surface area contributed by atoms with E-state index >= 15 is 0 Å². The van der Waals surface area contributed by atoms with Crippen molar-refractivity contribution in [3.8, 4) is 0 Å². The van der Waals surface area contributed by atoms with Crippen molar-refractivity contribution in [1.29, 1.82) is 0 Å². The molecule has 0 fully saturated rings. The number of amides is 1. The zero-order valence-corrected chi connectivity index (χ0v) is 9.05. The molecule has 0 spiro atoms. The molecule has 1 aromatic heterocycles. The van der Waals surface area contributed by atoms with Gasteiger partial charge in [-0.2, -0.15) is 0 Å². The Morgan fingerprint density at radius 1 is 0.882 bits per heavy atom. The van der Waals surface area contributed by atoms with Crippen LogP contribution in [0.25, 0.3) is 21.8 Å². The molecule has 0 aliphatic carbocycles. The number of carbonyl (C=O) groups is 1. The van der Waals surface area contributed by atoms with Crippen molar-refractivity contribution >= 4 is 27.7 Å². The summed E-state index contributed by atoms with van der Waals surface area (Å²) in [7, 11) is 0. The Morgan fingerprint density at radius 2 is 1.35 bits per heavy atom. The summed E-state index contributed by atoms with van der Waals surface area (Å²) in [6, 6.07) is 15.1. The van der Waals surface area contributed by atoms with Gasteiger partial charge in [0.25, 0.3) is 0 Å². The van der Waals surface area contributed by atoms with Gasteiger partial charge in [-0.05, 0) is 12.1 Å². The molecule has 82 valence electrons. The predicted octanol–water partition coefficient (Wildman–Crippen LogP) is 2.49. The standard InChI is InChI=1S/C14H10N2O/c15-14(17)13-9-5-1-3-7-11(9)16-12-8-4-2-6-10(12)13/h1-8H,(H2,15,17). The third kappa shape index (κ3) is 1.44. The summed E-state index contributed by atoms with van der Waals surface area (Å²) >= 11 is 0. The minimum absolute atomic E-state index is 0.417. The Labute approximate surface area is 97.9 Å². The van der Waals surface area contributed by atoms with Gasteiger partial charge in [0.05, 0.1) is 16.6 Å². The molecule has 3 rings (SSSR count). The number of carbonyl (C=O) groups excluding carboxylic acids is 1. The van der Waals surface area contributed by atoms with E-state index in [0.717, 1.165) is 21.8 Å². The van der Waals surface area contributed by atoms with Crippen LogP contribution in [-0.4, -0.2) is 10.9 Å². The van der Waals surface area contributed by atoms with E-state index in [4.69, 9.17) is 5.73 Å². The molecular formula is C14H10N2O. The topological polar surface area (TPSA) is 56.0 Å². The maximum absolute atomic E-state index is 11.6. The molecule has 0 unspecified atom stereocenters. The first-order valence-electron chi connectivity index (χ1n) is 5.34. The number of hydrogen-bond acceptors (Lipinski definition) is 2. The second-order valence-electron chi connectivity index (χ2n) is 3.89. The number of aromatic nitrogens is 1. The van der Waals surface area contributed by atoms with Crippen LogP contribution in [0.2, 0.25) is 0 Å². The maximum Gasteiger partial charge on any atom is 0.250 e. The molecule has 0 saturated carbocycles. The summed E-state index contributed by atoms with van der Waals surface area (Å²) in [6.07, 6.45) is 0. The highest BCUT2D eigenvalue weighted by Crippen LogP contribution is 2.25. The molecule has 2 N–H and O–H groups in total. The smallest absolute Gasteiger partial charge is 0.250 e. The van der Waals surface area contributed by atoms with Crippen molar-refractivity contribution in [1.82, 2.24) is 4.98 Å². The zero-order chi connectivity index (χ0) is 11.8. The Morgan fingerprint density at radius 3 is 1.82 bits per heavy atom. The minimum atomic E-state index is -0.417. The summed E-state index contributed by atoms with van der Waals surface area (Å²) in [4.78, 5) is 16.1. The van der Waals surface area contributed by atoms with Crippen molar-refractivity contribution in [3.05, 3.63) is 54.1 Å². The molecule has 0 saturated heterocycles. The molecular weight excluding hydrogens is 212 g/mol. The van der Waals surface area contributed by atoms with E-state index in [0.29, 0.717) is 5.56 Å². The van der Waals surface area contributed by atoms with Gasteiger partial charge in [0.15, 0.2) is 0 Å². The molecule has 0 atom stereocenters. The SMILES string of the molecule is NC(=O)c1c2ccccc2nc2ccccc12. The number of para-hydroxylation sites is 2. The molecule has 17 heavy (non-hydrogen) atoms. The fourth-order valence-electron chi connectivity index (χ4n) is 2.11. The quantitative estimate of drug-likeness (QED) is 0.643. The van der Waals surface area contributed by atoms with Gasteiger partial charge in [0.2, 0.25) is 5.91 Å². The van der Waals surface area contributed by atoms with Gasteiger partial charge in [-0.1, -0.05) is 36.4 Å². The summed E-state index contributed by atoms with van der Waals surface area (Å²) in [5, 5.41) is 1.61. The van der Waals surface area contributed by atoms with E-state index < -0.39 is 5.91 Å². The number of fused-ring (bicyclic) bond motifs is 2. The van der Waals surface area contributed by atoms with Crippen LogP contribution < -0.4 is 5.73 Å². The van der Waals surface area contributed by atoms with Crippen molar-refractivity contribution in [3.63, 3.8) is 0 Å². The highest BCUT2D eigenvalue weighted by atomic mass is 16.1. The van der Waals surface area contributed by atoms with Crippen LogP contribution >= 0.6 is 0 Å². The van der Waals surface area contributed by atoms with Crippen LogP contribution in [0.3, 0.4) is 0 Å². The lowest BCUT2D eigenvalue weighted by Crippen LogP contribution is -2.12. The average Bonchev–Trinajstić information content (AvgIpc) is 2.35. The molecule has 3 nitrogen and oxygen atoms in total. The van der Waals surface area contributed by atoms with Crippen LogP contribution in [-0.2, 0) is 0 Å². The molecule has 0 aliphatic heterocycles. The summed E-state index contributed by atoms with van der Waals surface area (Å²) < 4.78 is 0. The van der Waals surface area contributed by atoms with E-state index in [9.17, 15) is 4.79 Å². The van der Waals surface area contributed by atoms with Crippen LogP contribution in [0.5, 0.6) is 0 Å². The lowest BCUT2D eigenvalue weighted by Gasteiger charge is -2.07. The Hall–Kier alpha value is -2.42. The fraction of sp³-hybridized carbons (Fsp3) is 0. The van der Waals surface area contributed by atoms with Gasteiger partial charge in [-0.25, -0.2) is 4.98 Å². The Bertz CT molecular complexity index is 680. The summed E-state index contributed by atoms with van der Waals surface area (Å²) in [5.74, 6) is -0.417. The number of nitrogens with two attached hydrogens (primary N) is 1. The zero-order valence-electron chi connectivity index (χ0n) is 9.05. The van der Waals surface area contributed by atoms with Crippen LogP contribution in [0.4, 0.5) is 0 Å². The second-order valence-corrected chi connectivity index (χ2v) is 3.89. The van der Waals surface area contributed by atoms with Crippen molar-refractivity contribution in [2.24, 2.45) is 5.73 Å². The van der Waals surface area contributed by atoms with Gasteiger partial charge in [0, 0.05) is 10.8 Å². The normalized spacial score (nSPS) is 10.8. The van der Waals surface area contributed by atoms with Crippen molar-refractivity contribution < 1.29 is 4.79 Å². The Kier molecular flexibility index (Phi) is 2.05. The second kappa shape index (κ2) is 3.56. The first-order valence-corrected chi connectivity index (χ1v) is 5.34. The van der Waals surface area contributed by atoms with Gasteiger partial charge >= 0.3 is 0 Å². The van der Waals surface area contributed by atoms with Crippen LogP contribution in [0, 0.1) is 0 Å². The molecule has 0 aliphatic rings. The number of pyridine rings is 1. The van der Waals surface area contributed by atoms with Gasteiger partial charge in [0.1, 0.15) is 0 Å². The van der Waals surface area contributed by atoms with Crippen LogP contribution in [0.1, 0.15) is 10.4 Å². The number of benzene rings is 2. The number of hydrogen-bond donors (Lipinski definition) is 1. The van der Waals surface area contributed by atoms with E-state index in [1.807, 2.05) is 48.5 Å². The first kappa shape index (κ1) is 9.78. The number of primary amides is 1. The predicted molar refractivity (Wildman–Crippen MR) is 67.8 cm³/mol. The van der Waals surface area contributed by atoms with Gasteiger partial charge < -0.3 is 5.73 Å². The van der Waals surface area contributed by atoms with E-state index in [-0.39, 0.29) is 0 Å². The molecule has 0 radical (unpaired) electrons. The average molecular weight is 222 g/mol. The molecule has 3 aromatic rings. The monoisotopic (exact) mass is 222 g/mol. The van der Waals surface area contributed by atoms with Crippen molar-refractivity contribution in [2.45, 2.75) is 0 Å². The molecule has 2 aromatic carbocycles. The summed E-state index contributed by atoms with van der Waals surface area (Å²) in [6.45, 7) is 0. The molecule has 1 heterocycles. The largest absolute Gasteiger partial charge is 0.366 e. The fourth-order valence-corrected chi connectivity index (χ4v) is 2.11. The highest BCUT2D eigenvalue weighted by Gasteiger charge is 2.12. The molecule has 1 amide bonds. The molecule has 0 bridgehead atoms. The number of rotatable bonds is 1. The van der Waals surface area contributed by atoms with Gasteiger partial charge in [-0.3, -0.25) is 4.79 Å². The Balaban J connectivity index is 2.61. The third-order valence-corrected chi connectivity index (χ3v) is 2.83. The third-order valence-electron chi connectivity index (χ3n) is 2.83. The first-order chi connectivity index (χ1) is 8.27. The van der Waals surface area contributed by atoms with Crippen molar-refractivity contribution in [2.75, 3.05) is 0 Å². The van der Waals surface area contributed by atoms with Crippen LogP contribution in [0.15, 0.2) is 48.5 Å². The van der Waals surface area contributed by atoms with Gasteiger partial charge in [-0.15, -0.1) is 0 Å². The lowest BCUT2D eigenvalue weighted by molar-refractivity contribution is 0.100. The van der Waals surface area contributed by atoms with E-state index in [1.54, 1.807) is 0 Å².